The lowest BCUT2D eigenvalue weighted by Gasteiger charge is -2.23. The van der Waals surface area contributed by atoms with Crippen LogP contribution in [0.2, 0.25) is 0 Å². The third-order valence-corrected chi connectivity index (χ3v) is 5.73. The molecule has 2 fully saturated rings. The lowest BCUT2D eigenvalue weighted by molar-refractivity contribution is -0.133. The van der Waals surface area contributed by atoms with E-state index in [0.29, 0.717) is 17.5 Å². The molecule has 1 aromatic carbocycles. The number of nitrogens with one attached hydrogen (secondary N) is 1. The fourth-order valence-electron chi connectivity index (χ4n) is 3.15. The van der Waals surface area contributed by atoms with Crippen LogP contribution in [0.1, 0.15) is 42.2 Å². The number of amides is 2. The molecule has 2 amide bonds. The van der Waals surface area contributed by atoms with E-state index >= 15 is 0 Å². The zero-order valence-corrected chi connectivity index (χ0v) is 15.6. The molecule has 2 heterocycles. The highest BCUT2D eigenvalue weighted by molar-refractivity contribution is 7.15. The average Bonchev–Trinajstić information content (AvgIpc) is 3.30. The van der Waals surface area contributed by atoms with E-state index in [1.54, 1.807) is 12.1 Å². The van der Waals surface area contributed by atoms with Crippen molar-refractivity contribution >= 4 is 28.3 Å². The first-order chi connectivity index (χ1) is 13.5. The van der Waals surface area contributed by atoms with E-state index in [1.807, 2.05) is 0 Å². The van der Waals surface area contributed by atoms with E-state index in [9.17, 15) is 18.4 Å². The molecule has 1 N–H and O–H groups in total. The van der Waals surface area contributed by atoms with Gasteiger partial charge in [0.05, 0.1) is 0 Å². The van der Waals surface area contributed by atoms with Gasteiger partial charge in [-0.1, -0.05) is 23.5 Å². The quantitative estimate of drug-likeness (QED) is 0.761. The summed E-state index contributed by atoms with van der Waals surface area (Å²) in [5.74, 6) is 0.0965. The van der Waals surface area contributed by atoms with Crippen molar-refractivity contribution in [2.45, 2.75) is 50.8 Å². The normalized spacial score (nSPS) is 19.3. The van der Waals surface area contributed by atoms with E-state index in [2.05, 4.69) is 20.3 Å². The molecule has 1 aliphatic heterocycles. The summed E-state index contributed by atoms with van der Waals surface area (Å²) in [5, 5.41) is 12.2. The topological polar surface area (TPSA) is 84.4 Å². The Balaban J connectivity index is 1.40. The van der Waals surface area contributed by atoms with Crippen LogP contribution < -0.4 is 10.1 Å². The zero-order valence-electron chi connectivity index (χ0n) is 14.8. The van der Waals surface area contributed by atoms with Gasteiger partial charge in [0.15, 0.2) is 0 Å². The molecule has 2 aliphatic rings. The van der Waals surface area contributed by atoms with Crippen LogP contribution in [0.25, 0.3) is 0 Å². The third kappa shape index (κ3) is 4.27. The third-order valence-electron chi connectivity index (χ3n) is 4.73. The van der Waals surface area contributed by atoms with Gasteiger partial charge in [-0.25, -0.2) is 0 Å². The Morgan fingerprint density at radius 2 is 2.00 bits per heavy atom. The molecule has 28 heavy (non-hydrogen) atoms. The van der Waals surface area contributed by atoms with Crippen LogP contribution in [-0.4, -0.2) is 39.6 Å². The molecule has 1 aliphatic carbocycles. The fraction of sp³-hybridized carbons (Fsp3) is 0.444. The highest BCUT2D eigenvalue weighted by Gasteiger charge is 2.36. The number of alkyl halides is 2. The first kappa shape index (κ1) is 18.7. The summed E-state index contributed by atoms with van der Waals surface area (Å²) in [6.45, 7) is -2.67. The molecule has 0 radical (unpaired) electrons. The van der Waals surface area contributed by atoms with Crippen LogP contribution in [0.15, 0.2) is 24.3 Å². The van der Waals surface area contributed by atoms with Crippen molar-refractivity contribution < 1.29 is 23.1 Å². The van der Waals surface area contributed by atoms with Crippen molar-refractivity contribution in [2.24, 2.45) is 0 Å². The zero-order chi connectivity index (χ0) is 19.7. The lowest BCUT2D eigenvalue weighted by Crippen LogP contribution is -2.41. The van der Waals surface area contributed by atoms with Gasteiger partial charge in [-0.2, -0.15) is 8.78 Å². The van der Waals surface area contributed by atoms with Crippen LogP contribution in [-0.2, 0) is 16.1 Å². The summed E-state index contributed by atoms with van der Waals surface area (Å²) < 4.78 is 28.8. The summed E-state index contributed by atoms with van der Waals surface area (Å²) >= 11 is 1.37. The molecular weight excluding hydrogens is 390 g/mol. The van der Waals surface area contributed by atoms with Gasteiger partial charge < -0.3 is 9.64 Å². The molecule has 4 rings (SSSR count). The Morgan fingerprint density at radius 1 is 1.25 bits per heavy atom. The van der Waals surface area contributed by atoms with Gasteiger partial charge in [-0.3, -0.25) is 14.9 Å². The summed E-state index contributed by atoms with van der Waals surface area (Å²) in [5.41, 5.74) is 0.724. The second kappa shape index (κ2) is 7.78. The van der Waals surface area contributed by atoms with E-state index in [1.165, 1.54) is 28.4 Å². The van der Waals surface area contributed by atoms with Crippen LogP contribution in [0, 0.1) is 0 Å². The highest BCUT2D eigenvalue weighted by atomic mass is 32.1. The largest absolute Gasteiger partial charge is 0.435 e. The summed E-state index contributed by atoms with van der Waals surface area (Å²) in [4.78, 5) is 26.4. The fourth-order valence-corrected chi connectivity index (χ4v) is 4.06. The Morgan fingerprint density at radius 3 is 2.68 bits per heavy atom. The number of rotatable bonds is 7. The van der Waals surface area contributed by atoms with Gasteiger partial charge >= 0.3 is 6.61 Å². The molecule has 0 spiro atoms. The number of halogens is 2. The van der Waals surface area contributed by atoms with E-state index < -0.39 is 12.7 Å². The van der Waals surface area contributed by atoms with Gasteiger partial charge in [-0.15, -0.1) is 10.2 Å². The molecule has 7 nitrogen and oxygen atoms in total. The highest BCUT2D eigenvalue weighted by Crippen LogP contribution is 2.42. The van der Waals surface area contributed by atoms with Gasteiger partial charge in [0.2, 0.25) is 16.9 Å². The van der Waals surface area contributed by atoms with Crippen molar-refractivity contribution in [3.63, 3.8) is 0 Å². The van der Waals surface area contributed by atoms with Crippen molar-refractivity contribution in [3.8, 4) is 5.75 Å². The number of nitrogens with zero attached hydrogens (tertiary/aromatic N) is 3. The Kier molecular flexibility index (Phi) is 5.21. The molecule has 1 saturated carbocycles. The van der Waals surface area contributed by atoms with Gasteiger partial charge in [0.25, 0.3) is 0 Å². The van der Waals surface area contributed by atoms with E-state index in [4.69, 9.17) is 0 Å². The summed E-state index contributed by atoms with van der Waals surface area (Å²) in [6, 6.07) is 5.43. The number of hydrogen-bond acceptors (Lipinski definition) is 6. The van der Waals surface area contributed by atoms with E-state index in [-0.39, 0.29) is 30.5 Å². The van der Waals surface area contributed by atoms with Crippen LogP contribution in [0.4, 0.5) is 13.9 Å². The molecule has 2 aromatic rings. The molecular formula is C18H18F2N4O3S. The van der Waals surface area contributed by atoms with Gasteiger partial charge in [0.1, 0.15) is 16.8 Å². The number of anilines is 1. The first-order valence-electron chi connectivity index (χ1n) is 8.97. The molecule has 1 atom stereocenters. The summed E-state index contributed by atoms with van der Waals surface area (Å²) in [7, 11) is 0. The Bertz CT molecular complexity index is 870. The minimum absolute atomic E-state index is 0.0449. The maximum absolute atomic E-state index is 12.7. The molecule has 148 valence electrons. The van der Waals surface area contributed by atoms with Crippen LogP contribution >= 0.6 is 11.3 Å². The number of carbonyl (C=O) groups excluding carboxylic acids is 2. The monoisotopic (exact) mass is 408 g/mol. The summed E-state index contributed by atoms with van der Waals surface area (Å²) in [6.07, 6.45) is 2.92. The standard InChI is InChI=1S/C18H18F2N4O3S/c19-17(20)27-12-5-1-10(2-6-12)9-24-13(7-8-14(24)25)15(26)21-18-23-22-16(28-18)11-3-4-11/h1-2,5-6,11,13,17H,3-4,7-9H2,(H,21,23,26). The van der Waals surface area contributed by atoms with Crippen molar-refractivity contribution in [1.82, 2.24) is 15.1 Å². The molecule has 10 heteroatoms. The number of hydrogen-bond donors (Lipinski definition) is 1. The smallest absolute Gasteiger partial charge is 0.387 e. The minimum atomic E-state index is -2.89. The number of aromatic nitrogens is 2. The number of ether oxygens (including phenoxy) is 1. The van der Waals surface area contributed by atoms with Crippen molar-refractivity contribution in [2.75, 3.05) is 5.32 Å². The van der Waals surface area contributed by atoms with Crippen molar-refractivity contribution in [1.29, 1.82) is 0 Å². The molecule has 1 unspecified atom stereocenters. The number of likely N-dealkylation sites (tertiary alicyclic amines) is 1. The average molecular weight is 408 g/mol. The minimum Gasteiger partial charge on any atom is -0.435 e. The predicted molar refractivity (Wildman–Crippen MR) is 97.2 cm³/mol. The number of benzene rings is 1. The molecule has 0 bridgehead atoms. The van der Waals surface area contributed by atoms with Crippen LogP contribution in [0.3, 0.4) is 0 Å². The second-order valence-corrected chi connectivity index (χ2v) is 7.82. The Hall–Kier alpha value is -2.62. The molecule has 1 saturated heterocycles. The first-order valence-corrected chi connectivity index (χ1v) is 9.79. The lowest BCUT2D eigenvalue weighted by atomic mass is 10.1. The van der Waals surface area contributed by atoms with Crippen LogP contribution in [0.5, 0.6) is 5.75 Å². The Labute approximate surface area is 163 Å². The second-order valence-electron chi connectivity index (χ2n) is 6.81. The maximum atomic E-state index is 12.7. The van der Waals surface area contributed by atoms with E-state index in [0.717, 1.165) is 23.4 Å². The van der Waals surface area contributed by atoms with Gasteiger partial charge in [0, 0.05) is 18.9 Å². The maximum Gasteiger partial charge on any atom is 0.387 e. The van der Waals surface area contributed by atoms with Crippen molar-refractivity contribution in [3.05, 3.63) is 34.8 Å². The number of carbonyl (C=O) groups is 2. The molecule has 1 aromatic heterocycles. The SMILES string of the molecule is O=C(Nc1nnc(C2CC2)s1)C1CCC(=O)N1Cc1ccc(OC(F)F)cc1. The predicted octanol–water partition coefficient (Wildman–Crippen LogP) is 3.15. The van der Waals surface area contributed by atoms with Gasteiger partial charge in [-0.05, 0) is 37.0 Å².